The Kier molecular flexibility index (Phi) is 7.33. The highest BCUT2D eigenvalue weighted by molar-refractivity contribution is 8.76. The van der Waals surface area contributed by atoms with Gasteiger partial charge in [0.2, 0.25) is 0 Å². The lowest BCUT2D eigenvalue weighted by molar-refractivity contribution is 0.106. The fourth-order valence-electron chi connectivity index (χ4n) is 1.63. The van der Waals surface area contributed by atoms with Crippen LogP contribution in [0.5, 0.6) is 0 Å². The molecule has 0 N–H and O–H groups in total. The number of hydrogen-bond acceptors (Lipinski definition) is 3. The van der Waals surface area contributed by atoms with Crippen LogP contribution in [-0.2, 0) is 11.2 Å². The Morgan fingerprint density at radius 3 is 2.26 bits per heavy atom. The van der Waals surface area contributed by atoms with Crippen LogP contribution in [0.25, 0.3) is 0 Å². The molecule has 0 atom stereocenters. The molecule has 19 heavy (non-hydrogen) atoms. The van der Waals surface area contributed by atoms with Crippen LogP contribution >= 0.6 is 21.6 Å². The largest absolute Gasteiger partial charge is 0.369 e. The maximum Gasteiger partial charge on any atom is 0.103 e. The zero-order valence-corrected chi connectivity index (χ0v) is 14.4. The summed E-state index contributed by atoms with van der Waals surface area (Å²) in [6.45, 7) is 11.9. The average Bonchev–Trinajstić information content (AvgIpc) is 2.28. The van der Waals surface area contributed by atoms with Gasteiger partial charge in [-0.1, -0.05) is 68.3 Å². The van der Waals surface area contributed by atoms with Crippen molar-refractivity contribution in [3.63, 3.8) is 0 Å². The summed E-state index contributed by atoms with van der Waals surface area (Å²) < 4.78 is 5.64. The summed E-state index contributed by atoms with van der Waals surface area (Å²) in [7, 11) is 3.55. The van der Waals surface area contributed by atoms with E-state index in [1.165, 1.54) is 10.5 Å². The maximum atomic E-state index is 5.64. The van der Waals surface area contributed by atoms with Gasteiger partial charge in [0.15, 0.2) is 0 Å². The minimum absolute atomic E-state index is 0.254. The molecule has 0 unspecified atom stereocenters. The van der Waals surface area contributed by atoms with Crippen molar-refractivity contribution in [2.75, 3.05) is 12.5 Å². The van der Waals surface area contributed by atoms with Crippen LogP contribution in [0.15, 0.2) is 29.2 Å². The smallest absolute Gasteiger partial charge is 0.103 e. The molecule has 1 aromatic carbocycles. The Labute approximate surface area is 126 Å². The van der Waals surface area contributed by atoms with Gasteiger partial charge in [-0.15, -0.1) is 0 Å². The highest BCUT2D eigenvalue weighted by Gasteiger charge is 2.09. The number of hydrogen-bond donors (Lipinski definition) is 0. The number of benzene rings is 1. The van der Waals surface area contributed by atoms with Crippen molar-refractivity contribution in [3.05, 3.63) is 29.8 Å². The second-order valence-corrected chi connectivity index (χ2v) is 8.79. The van der Waals surface area contributed by atoms with E-state index in [2.05, 4.69) is 58.9 Å². The summed E-state index contributed by atoms with van der Waals surface area (Å²) in [6, 6.07) is 8.89. The van der Waals surface area contributed by atoms with E-state index in [0.29, 0.717) is 0 Å². The number of ether oxygens (including phenoxy) is 1. The molecule has 1 aromatic rings. The Morgan fingerprint density at radius 2 is 1.74 bits per heavy atom. The van der Waals surface area contributed by atoms with Gasteiger partial charge >= 0.3 is 0 Å². The lowest BCUT2D eigenvalue weighted by Gasteiger charge is -2.17. The Hall–Kier alpha value is -0.120. The van der Waals surface area contributed by atoms with E-state index < -0.39 is 0 Å². The van der Waals surface area contributed by atoms with Gasteiger partial charge in [-0.3, -0.25) is 0 Å². The molecule has 0 amide bonds. The molecule has 0 saturated carbocycles. The first-order chi connectivity index (χ1) is 8.87. The van der Waals surface area contributed by atoms with Gasteiger partial charge in [-0.05, 0) is 35.4 Å². The van der Waals surface area contributed by atoms with E-state index in [0.717, 1.165) is 24.9 Å². The molecule has 0 aliphatic rings. The average molecular weight is 299 g/mol. The normalized spacial score (nSPS) is 12.1. The Bertz CT molecular complexity index is 352. The Balaban J connectivity index is 2.23. The van der Waals surface area contributed by atoms with Crippen molar-refractivity contribution < 1.29 is 4.74 Å². The van der Waals surface area contributed by atoms with Crippen LogP contribution in [-0.4, -0.2) is 12.5 Å². The van der Waals surface area contributed by atoms with Gasteiger partial charge in [0.25, 0.3) is 0 Å². The summed E-state index contributed by atoms with van der Waals surface area (Å²) in [4.78, 5) is 1.30. The molecule has 0 fully saturated rings. The van der Waals surface area contributed by atoms with Gasteiger partial charge in [-0.2, -0.15) is 0 Å². The van der Waals surface area contributed by atoms with Gasteiger partial charge < -0.3 is 4.74 Å². The fourth-order valence-corrected chi connectivity index (χ4v) is 3.30. The van der Waals surface area contributed by atoms with Gasteiger partial charge in [0.1, 0.15) is 5.94 Å². The van der Waals surface area contributed by atoms with Crippen molar-refractivity contribution in [2.45, 2.75) is 45.9 Å². The van der Waals surface area contributed by atoms with E-state index in [9.17, 15) is 0 Å². The summed E-state index contributed by atoms with van der Waals surface area (Å²) in [5, 5.41) is 0. The molecule has 108 valence electrons. The van der Waals surface area contributed by atoms with Crippen molar-refractivity contribution in [3.8, 4) is 0 Å². The summed E-state index contributed by atoms with van der Waals surface area (Å²) >= 11 is 0. The third-order valence-electron chi connectivity index (χ3n) is 2.39. The third kappa shape index (κ3) is 8.61. The van der Waals surface area contributed by atoms with Crippen molar-refractivity contribution in [1.29, 1.82) is 0 Å². The predicted molar refractivity (Wildman–Crippen MR) is 88.7 cm³/mol. The predicted octanol–water partition coefficient (Wildman–Crippen LogP) is 5.65. The van der Waals surface area contributed by atoms with E-state index >= 15 is 0 Å². The molecule has 0 spiro atoms. The van der Waals surface area contributed by atoms with Gasteiger partial charge in [0.05, 0.1) is 6.61 Å². The molecule has 1 nitrogen and oxygen atoms in total. The molecule has 0 aromatic heterocycles. The number of rotatable bonds is 7. The summed E-state index contributed by atoms with van der Waals surface area (Å²) in [5.41, 5.74) is 1.68. The van der Waals surface area contributed by atoms with Crippen molar-refractivity contribution in [2.24, 2.45) is 11.3 Å². The van der Waals surface area contributed by atoms with Crippen LogP contribution in [0.1, 0.15) is 40.2 Å². The summed E-state index contributed by atoms with van der Waals surface area (Å²) in [6.07, 6.45) is 1.16. The van der Waals surface area contributed by atoms with Crippen LogP contribution in [0, 0.1) is 11.3 Å². The summed E-state index contributed by atoms with van der Waals surface area (Å²) in [5.74, 6) is 1.47. The molecule has 0 saturated heterocycles. The molecule has 0 aliphatic heterocycles. The third-order valence-corrected chi connectivity index (χ3v) is 4.45. The van der Waals surface area contributed by atoms with E-state index in [1.54, 1.807) is 21.6 Å². The molecule has 0 heterocycles. The molecular weight excluding hydrogens is 272 g/mol. The molecule has 1 rings (SSSR count). The monoisotopic (exact) mass is 298 g/mol. The lowest BCUT2D eigenvalue weighted by atomic mass is 9.99. The van der Waals surface area contributed by atoms with Crippen molar-refractivity contribution >= 4 is 21.6 Å². The van der Waals surface area contributed by atoms with Crippen LogP contribution < -0.4 is 0 Å². The van der Waals surface area contributed by atoms with Crippen LogP contribution in [0.2, 0.25) is 0 Å². The second kappa shape index (κ2) is 8.23. The maximum absolute atomic E-state index is 5.64. The lowest BCUT2D eigenvalue weighted by Crippen LogP contribution is -2.13. The first-order valence-electron chi connectivity index (χ1n) is 6.83. The quantitative estimate of drug-likeness (QED) is 0.366. The topological polar surface area (TPSA) is 9.23 Å². The second-order valence-electron chi connectivity index (χ2n) is 6.47. The SMILES string of the molecule is CC(C)Cc1ccc(SSCOCC(C)(C)C)cc1. The highest BCUT2D eigenvalue weighted by Crippen LogP contribution is 2.31. The fraction of sp³-hybridized carbons (Fsp3) is 0.625. The molecular formula is C16H26OS2. The van der Waals surface area contributed by atoms with E-state index in [4.69, 9.17) is 4.74 Å². The zero-order valence-electron chi connectivity index (χ0n) is 12.7. The molecule has 0 radical (unpaired) electrons. The van der Waals surface area contributed by atoms with E-state index in [-0.39, 0.29) is 5.41 Å². The minimum Gasteiger partial charge on any atom is -0.369 e. The molecule has 0 bridgehead atoms. The Morgan fingerprint density at radius 1 is 1.11 bits per heavy atom. The first-order valence-corrected chi connectivity index (χ1v) is 9.15. The molecule has 3 heteroatoms. The van der Waals surface area contributed by atoms with Gasteiger partial charge in [-0.25, -0.2) is 0 Å². The van der Waals surface area contributed by atoms with Crippen molar-refractivity contribution in [1.82, 2.24) is 0 Å². The standard InChI is InChI=1S/C16H26OS2/c1-13(2)10-14-6-8-15(9-7-14)19-18-12-17-11-16(3,4)5/h6-9,13H,10-12H2,1-5H3. The van der Waals surface area contributed by atoms with E-state index in [1.807, 2.05) is 0 Å². The van der Waals surface area contributed by atoms with Gasteiger partial charge in [0, 0.05) is 4.90 Å². The molecule has 0 aliphatic carbocycles. The minimum atomic E-state index is 0.254. The van der Waals surface area contributed by atoms with Crippen LogP contribution in [0.3, 0.4) is 0 Å². The van der Waals surface area contributed by atoms with Crippen LogP contribution in [0.4, 0.5) is 0 Å². The highest BCUT2D eigenvalue weighted by atomic mass is 33.1. The zero-order chi connectivity index (χ0) is 14.3. The first kappa shape index (κ1) is 16.9.